The van der Waals surface area contributed by atoms with E-state index >= 15 is 0 Å². The molecule has 1 aromatic rings. The number of hydrogen-bond donors (Lipinski definition) is 3. The van der Waals surface area contributed by atoms with Crippen LogP contribution < -0.4 is 10.6 Å². The maximum absolute atomic E-state index is 14.9. The van der Waals surface area contributed by atoms with Crippen LogP contribution in [-0.2, 0) is 68.6 Å². The number of hydroxylamine groups is 2. The number of cyclic esters (lactones) is 1. The van der Waals surface area contributed by atoms with Gasteiger partial charge >= 0.3 is 23.9 Å². The van der Waals surface area contributed by atoms with Gasteiger partial charge in [-0.05, 0) is 57.2 Å². The molecular formula is C48H69N3O14. The SMILES string of the molecule is CCCCCC1(CCCCC)O[C@@H]2[C@H]3ON(Cc4ccccc4C=CC(=O)O[C@H]4C(=O)OCC4(C)C)[C@H]4C(=O)OC(CC34C(=O)NCCC(=O)N[C@H](CO)CCC(=O)OC(C)(C)C)[C@@H]2O1. The first kappa shape index (κ1) is 50.0. The lowest BCUT2D eigenvalue weighted by Crippen LogP contribution is -2.69. The van der Waals surface area contributed by atoms with Crippen LogP contribution in [0.1, 0.15) is 137 Å². The lowest BCUT2D eigenvalue weighted by Gasteiger charge is -2.48. The molecule has 2 bridgehead atoms. The van der Waals surface area contributed by atoms with Gasteiger partial charge in [0, 0.05) is 50.1 Å². The van der Waals surface area contributed by atoms with Crippen LogP contribution in [0.3, 0.4) is 0 Å². The molecule has 3 N–H and O–H groups in total. The molecule has 0 spiro atoms. The van der Waals surface area contributed by atoms with Crippen molar-refractivity contribution in [2.24, 2.45) is 10.8 Å². The van der Waals surface area contributed by atoms with Crippen LogP contribution in [-0.4, -0.2) is 120 Å². The fraction of sp³-hybridized carbons (Fsp3) is 0.708. The number of aliphatic hydroxyl groups excluding tert-OH is 1. The average molecular weight is 912 g/mol. The molecule has 17 nitrogen and oxygen atoms in total. The van der Waals surface area contributed by atoms with Gasteiger partial charge in [-0.15, -0.1) is 0 Å². The van der Waals surface area contributed by atoms with Gasteiger partial charge in [-0.1, -0.05) is 77.6 Å². The number of hydrogen-bond acceptors (Lipinski definition) is 15. The van der Waals surface area contributed by atoms with Crippen molar-refractivity contribution in [1.82, 2.24) is 15.7 Å². The first-order valence-electron chi connectivity index (χ1n) is 23.4. The second kappa shape index (κ2) is 21.0. The van der Waals surface area contributed by atoms with Crippen molar-refractivity contribution in [2.45, 2.75) is 186 Å². The van der Waals surface area contributed by atoms with Gasteiger partial charge < -0.3 is 44.2 Å². The Bertz CT molecular complexity index is 1920. The van der Waals surface area contributed by atoms with Gasteiger partial charge in [0.15, 0.2) is 11.8 Å². The normalized spacial score (nSPS) is 28.0. The van der Waals surface area contributed by atoms with E-state index in [0.29, 0.717) is 24.0 Å². The zero-order valence-corrected chi connectivity index (χ0v) is 39.0. The molecule has 8 atom stereocenters. The zero-order valence-electron chi connectivity index (χ0n) is 39.0. The van der Waals surface area contributed by atoms with Crippen molar-refractivity contribution >= 4 is 41.8 Å². The van der Waals surface area contributed by atoms with Crippen LogP contribution in [0.15, 0.2) is 30.3 Å². The molecule has 4 heterocycles. The monoisotopic (exact) mass is 911 g/mol. The van der Waals surface area contributed by atoms with Gasteiger partial charge in [-0.25, -0.2) is 9.59 Å². The van der Waals surface area contributed by atoms with E-state index in [9.17, 15) is 33.9 Å². The highest BCUT2D eigenvalue weighted by Gasteiger charge is 2.76. The molecule has 1 saturated carbocycles. The number of esters is 4. The predicted molar refractivity (Wildman–Crippen MR) is 234 cm³/mol. The fourth-order valence-electron chi connectivity index (χ4n) is 9.60. The van der Waals surface area contributed by atoms with E-state index < -0.39 is 107 Å². The van der Waals surface area contributed by atoms with Crippen molar-refractivity contribution in [3.63, 3.8) is 0 Å². The van der Waals surface area contributed by atoms with E-state index in [2.05, 4.69) is 24.5 Å². The number of fused-ring (bicyclic) bond motifs is 4. The zero-order chi connectivity index (χ0) is 47.2. The molecule has 2 amide bonds. The number of carbonyl (C=O) groups is 6. The number of nitrogens with zero attached hydrogens (tertiary/aromatic N) is 1. The van der Waals surface area contributed by atoms with Crippen molar-refractivity contribution in [3.05, 3.63) is 41.5 Å². The largest absolute Gasteiger partial charge is 0.462 e. The maximum Gasteiger partial charge on any atom is 0.348 e. The van der Waals surface area contributed by atoms with Gasteiger partial charge in [0.25, 0.3) is 0 Å². The number of benzene rings is 1. The topological polar surface area (TPSA) is 215 Å². The van der Waals surface area contributed by atoms with Crippen LogP contribution >= 0.6 is 0 Å². The number of ether oxygens (including phenoxy) is 6. The lowest BCUT2D eigenvalue weighted by atomic mass is 9.62. The smallest absolute Gasteiger partial charge is 0.348 e. The number of nitrogens with one attached hydrogen (secondary N) is 2. The number of aliphatic hydroxyl groups is 1. The van der Waals surface area contributed by atoms with Gasteiger partial charge in [0.05, 0.1) is 19.2 Å². The molecule has 1 aliphatic carbocycles. The molecular weight excluding hydrogens is 843 g/mol. The van der Waals surface area contributed by atoms with E-state index in [1.54, 1.807) is 58.9 Å². The summed E-state index contributed by atoms with van der Waals surface area (Å²) in [6.45, 7) is 12.7. The summed E-state index contributed by atoms with van der Waals surface area (Å²) in [5.41, 5.74) is -1.62. The third-order valence-corrected chi connectivity index (χ3v) is 12.9. The summed E-state index contributed by atoms with van der Waals surface area (Å²) in [6.07, 6.45) is 5.48. The average Bonchev–Trinajstić information content (AvgIpc) is 3.88. The predicted octanol–water partition coefficient (Wildman–Crippen LogP) is 4.74. The molecule has 2 unspecified atom stereocenters. The summed E-state index contributed by atoms with van der Waals surface area (Å²) in [7, 11) is 0. The highest BCUT2D eigenvalue weighted by molar-refractivity contribution is 5.94. The Kier molecular flexibility index (Phi) is 16.2. The molecule has 65 heavy (non-hydrogen) atoms. The Morgan fingerprint density at radius 1 is 0.969 bits per heavy atom. The van der Waals surface area contributed by atoms with Gasteiger partial charge in [-0.3, -0.25) is 24.0 Å². The second-order valence-corrected chi connectivity index (χ2v) is 19.7. The Morgan fingerprint density at radius 2 is 1.66 bits per heavy atom. The fourth-order valence-corrected chi connectivity index (χ4v) is 9.60. The van der Waals surface area contributed by atoms with E-state index in [0.717, 1.165) is 38.5 Å². The minimum atomic E-state index is -1.51. The first-order valence-corrected chi connectivity index (χ1v) is 23.4. The molecule has 1 aromatic carbocycles. The molecule has 6 rings (SSSR count). The van der Waals surface area contributed by atoms with Crippen molar-refractivity contribution in [2.75, 3.05) is 19.8 Å². The minimum absolute atomic E-state index is 0.00184. The number of amides is 2. The summed E-state index contributed by atoms with van der Waals surface area (Å²) in [6, 6.07) is 5.26. The minimum Gasteiger partial charge on any atom is -0.462 e. The third kappa shape index (κ3) is 11.6. The highest BCUT2D eigenvalue weighted by atomic mass is 16.8. The molecule has 360 valence electrons. The van der Waals surface area contributed by atoms with Gasteiger partial charge in [-0.2, -0.15) is 5.06 Å². The molecule has 0 radical (unpaired) electrons. The van der Waals surface area contributed by atoms with E-state index in [-0.39, 0.29) is 45.4 Å². The molecule has 4 aliphatic heterocycles. The Morgan fingerprint density at radius 3 is 2.31 bits per heavy atom. The first-order chi connectivity index (χ1) is 30.8. The maximum atomic E-state index is 14.9. The van der Waals surface area contributed by atoms with E-state index in [1.807, 2.05) is 6.07 Å². The summed E-state index contributed by atoms with van der Waals surface area (Å²) >= 11 is 0. The molecule has 17 heteroatoms. The molecule has 5 fully saturated rings. The molecule has 5 aliphatic rings. The third-order valence-electron chi connectivity index (χ3n) is 12.9. The van der Waals surface area contributed by atoms with Crippen LogP contribution in [0.25, 0.3) is 6.08 Å². The van der Waals surface area contributed by atoms with Crippen LogP contribution in [0, 0.1) is 10.8 Å². The quantitative estimate of drug-likeness (QED) is 0.0620. The van der Waals surface area contributed by atoms with Gasteiger partial charge in [0.2, 0.25) is 17.9 Å². The summed E-state index contributed by atoms with van der Waals surface area (Å²) in [4.78, 5) is 86.7. The van der Waals surface area contributed by atoms with Gasteiger partial charge in [0.1, 0.15) is 42.0 Å². The Balaban J connectivity index is 1.23. The lowest BCUT2D eigenvalue weighted by molar-refractivity contribution is -0.224. The molecule has 4 saturated heterocycles. The second-order valence-electron chi connectivity index (χ2n) is 19.7. The van der Waals surface area contributed by atoms with Crippen LogP contribution in [0.5, 0.6) is 0 Å². The summed E-state index contributed by atoms with van der Waals surface area (Å²) in [5.74, 6) is -4.36. The van der Waals surface area contributed by atoms with Crippen molar-refractivity contribution < 1.29 is 67.1 Å². The number of carbonyl (C=O) groups excluding carboxylic acids is 6. The highest BCUT2D eigenvalue weighted by Crippen LogP contribution is 2.58. The number of unbranched alkanes of at least 4 members (excludes halogenated alkanes) is 4. The van der Waals surface area contributed by atoms with E-state index in [4.69, 9.17) is 33.3 Å². The standard InChI is InChI=1S/C48H69N3O14/c1-8-10-14-23-47(24-15-11-9-2)63-37-33-26-48(44(58)49-25-22-34(53)50-32(28-52)19-21-36(55)62-45(3,4)5)39(42(56)60-33)51(65-40(48)38(37)64-47)27-31-17-13-12-16-30(31)18-20-35(54)61-41-43(57)59-29-46(41,6)7/h12-13,16-18,20,32-33,37-41,52H,8-11,14-15,19,21-29H2,1-7H3,(H,49,58)(H,50,53)/t32-,33?,37-,38-,39-,40+,41-,48?/m0/s1. The van der Waals surface area contributed by atoms with Crippen molar-refractivity contribution in [1.29, 1.82) is 0 Å². The Hall–Kier alpha value is -4.42. The number of rotatable bonds is 22. The summed E-state index contributed by atoms with van der Waals surface area (Å²) in [5, 5.41) is 17.1. The van der Waals surface area contributed by atoms with E-state index in [1.165, 1.54) is 11.1 Å². The summed E-state index contributed by atoms with van der Waals surface area (Å²) < 4.78 is 36.0. The van der Waals surface area contributed by atoms with Crippen molar-refractivity contribution in [3.8, 4) is 0 Å². The van der Waals surface area contributed by atoms with Crippen LogP contribution in [0.2, 0.25) is 0 Å². The van der Waals surface area contributed by atoms with Crippen LogP contribution in [0.4, 0.5) is 0 Å². The molecule has 0 aromatic heterocycles. The Labute approximate surface area is 381 Å².